The number of nitrogens with one attached hydrogen (secondary N) is 1. The Balaban J connectivity index is 2.00. The summed E-state index contributed by atoms with van der Waals surface area (Å²) in [6, 6.07) is 8.49. The molecule has 102 valence electrons. The van der Waals surface area contributed by atoms with Gasteiger partial charge in [-0.15, -0.1) is 0 Å². The van der Waals surface area contributed by atoms with Crippen molar-refractivity contribution < 1.29 is 14.0 Å². The fraction of sp³-hybridized carbons (Fsp3) is 0.214. The van der Waals surface area contributed by atoms with Gasteiger partial charge < -0.3 is 14.6 Å². The second-order valence-corrected chi connectivity index (χ2v) is 4.56. The Hall–Kier alpha value is -2.63. The quantitative estimate of drug-likeness (QED) is 0.760. The Kier molecular flexibility index (Phi) is 2.98. The molecule has 2 aromatic rings. The minimum Gasteiger partial charge on any atom is -0.422 e. The van der Waals surface area contributed by atoms with Crippen LogP contribution in [-0.2, 0) is 4.79 Å². The van der Waals surface area contributed by atoms with Crippen LogP contribution in [0.15, 0.2) is 39.5 Å². The van der Waals surface area contributed by atoms with Crippen molar-refractivity contribution in [1.82, 2.24) is 10.2 Å². The van der Waals surface area contributed by atoms with E-state index in [1.54, 1.807) is 24.3 Å². The molecular weight excluding hydrogens is 260 g/mol. The number of piperazine rings is 1. The first kappa shape index (κ1) is 12.4. The normalized spacial score (nSPS) is 15.2. The minimum atomic E-state index is -0.681. The Labute approximate surface area is 114 Å². The summed E-state index contributed by atoms with van der Waals surface area (Å²) in [7, 11) is 0. The number of nitrogens with zero attached hydrogens (tertiary/aromatic N) is 1. The second-order valence-electron chi connectivity index (χ2n) is 4.56. The van der Waals surface area contributed by atoms with E-state index in [9.17, 15) is 14.4 Å². The lowest BCUT2D eigenvalue weighted by molar-refractivity contribution is -0.123. The van der Waals surface area contributed by atoms with Crippen LogP contribution in [0.4, 0.5) is 0 Å². The Morgan fingerprint density at radius 1 is 1.25 bits per heavy atom. The van der Waals surface area contributed by atoms with E-state index in [0.29, 0.717) is 24.1 Å². The third-order valence-corrected chi connectivity index (χ3v) is 3.20. The molecule has 6 heteroatoms. The molecule has 0 spiro atoms. The highest BCUT2D eigenvalue weighted by molar-refractivity contribution is 5.98. The molecule has 1 aliphatic rings. The maximum absolute atomic E-state index is 12.3. The van der Waals surface area contributed by atoms with E-state index >= 15 is 0 Å². The number of amides is 2. The first-order valence-electron chi connectivity index (χ1n) is 6.24. The smallest absolute Gasteiger partial charge is 0.349 e. The van der Waals surface area contributed by atoms with Crippen molar-refractivity contribution in [3.63, 3.8) is 0 Å². The van der Waals surface area contributed by atoms with Gasteiger partial charge in [-0.3, -0.25) is 9.59 Å². The summed E-state index contributed by atoms with van der Waals surface area (Å²) < 4.78 is 5.13. The number of para-hydroxylation sites is 1. The highest BCUT2D eigenvalue weighted by atomic mass is 16.4. The maximum atomic E-state index is 12.3. The Morgan fingerprint density at radius 3 is 2.85 bits per heavy atom. The number of carbonyl (C=O) groups is 2. The number of fused-ring (bicyclic) bond motifs is 1. The molecule has 20 heavy (non-hydrogen) atoms. The Bertz CT molecular complexity index is 750. The summed E-state index contributed by atoms with van der Waals surface area (Å²) in [5, 5.41) is 3.31. The van der Waals surface area contributed by atoms with Crippen LogP contribution in [0.5, 0.6) is 0 Å². The van der Waals surface area contributed by atoms with Crippen molar-refractivity contribution in [1.29, 1.82) is 0 Å². The van der Waals surface area contributed by atoms with E-state index in [4.69, 9.17) is 4.42 Å². The lowest BCUT2D eigenvalue weighted by Crippen LogP contribution is -2.50. The van der Waals surface area contributed by atoms with Crippen LogP contribution in [0, 0.1) is 0 Å². The summed E-state index contributed by atoms with van der Waals surface area (Å²) >= 11 is 0. The molecule has 0 aliphatic carbocycles. The zero-order chi connectivity index (χ0) is 14.1. The molecule has 1 saturated heterocycles. The minimum absolute atomic E-state index is 0.0366. The Morgan fingerprint density at radius 2 is 2.05 bits per heavy atom. The molecule has 0 atom stereocenters. The lowest BCUT2D eigenvalue weighted by atomic mass is 10.1. The number of hydrogen-bond donors (Lipinski definition) is 1. The van der Waals surface area contributed by atoms with Gasteiger partial charge in [0.15, 0.2) is 0 Å². The lowest BCUT2D eigenvalue weighted by Gasteiger charge is -2.26. The van der Waals surface area contributed by atoms with Crippen LogP contribution in [0.3, 0.4) is 0 Å². The predicted octanol–water partition coefficient (Wildman–Crippen LogP) is 0.365. The van der Waals surface area contributed by atoms with Gasteiger partial charge in [0.2, 0.25) is 5.91 Å². The molecule has 1 aromatic carbocycles. The number of benzene rings is 1. The molecule has 1 aliphatic heterocycles. The van der Waals surface area contributed by atoms with Crippen LogP contribution in [0.25, 0.3) is 11.0 Å². The number of rotatable bonds is 1. The maximum Gasteiger partial charge on any atom is 0.349 e. The molecule has 0 unspecified atom stereocenters. The zero-order valence-electron chi connectivity index (χ0n) is 10.6. The topological polar surface area (TPSA) is 79.6 Å². The van der Waals surface area contributed by atoms with E-state index in [1.807, 2.05) is 0 Å². The van der Waals surface area contributed by atoms with Crippen molar-refractivity contribution in [2.24, 2.45) is 0 Å². The van der Waals surface area contributed by atoms with Crippen molar-refractivity contribution in [2.75, 3.05) is 19.6 Å². The van der Waals surface area contributed by atoms with Crippen LogP contribution in [0.2, 0.25) is 0 Å². The van der Waals surface area contributed by atoms with Gasteiger partial charge in [-0.1, -0.05) is 18.2 Å². The van der Waals surface area contributed by atoms with E-state index < -0.39 is 11.5 Å². The SMILES string of the molecule is O=C1CN(C(=O)c2cc3ccccc3oc2=O)CCN1. The van der Waals surface area contributed by atoms with Crippen molar-refractivity contribution in [3.05, 3.63) is 46.3 Å². The van der Waals surface area contributed by atoms with Crippen LogP contribution < -0.4 is 10.9 Å². The number of hydrogen-bond acceptors (Lipinski definition) is 4. The second kappa shape index (κ2) is 4.80. The van der Waals surface area contributed by atoms with Gasteiger partial charge in [0.05, 0.1) is 6.54 Å². The van der Waals surface area contributed by atoms with Gasteiger partial charge in [-0.2, -0.15) is 0 Å². The van der Waals surface area contributed by atoms with Gasteiger partial charge in [0, 0.05) is 18.5 Å². The van der Waals surface area contributed by atoms with E-state index in [-0.39, 0.29) is 18.0 Å². The average Bonchev–Trinajstić information content (AvgIpc) is 2.46. The molecule has 6 nitrogen and oxygen atoms in total. The first-order chi connectivity index (χ1) is 9.65. The van der Waals surface area contributed by atoms with Crippen LogP contribution in [0.1, 0.15) is 10.4 Å². The molecule has 0 saturated carbocycles. The van der Waals surface area contributed by atoms with Crippen LogP contribution in [-0.4, -0.2) is 36.3 Å². The average molecular weight is 272 g/mol. The summed E-state index contributed by atoms with van der Waals surface area (Å²) in [6.07, 6.45) is 0. The van der Waals surface area contributed by atoms with Gasteiger partial charge in [0.25, 0.3) is 5.91 Å². The van der Waals surface area contributed by atoms with Gasteiger partial charge in [-0.25, -0.2) is 4.79 Å². The molecule has 1 fully saturated rings. The molecule has 3 rings (SSSR count). The van der Waals surface area contributed by atoms with Crippen molar-refractivity contribution >= 4 is 22.8 Å². The van der Waals surface area contributed by atoms with Crippen molar-refractivity contribution in [2.45, 2.75) is 0 Å². The number of carbonyl (C=O) groups excluding carboxylic acids is 2. The molecule has 1 N–H and O–H groups in total. The van der Waals surface area contributed by atoms with Gasteiger partial charge in [-0.05, 0) is 12.1 Å². The predicted molar refractivity (Wildman–Crippen MR) is 71.4 cm³/mol. The van der Waals surface area contributed by atoms with Crippen LogP contribution >= 0.6 is 0 Å². The summed E-state index contributed by atoms with van der Waals surface area (Å²) in [5.74, 6) is -0.700. The summed E-state index contributed by atoms with van der Waals surface area (Å²) in [4.78, 5) is 36.8. The molecule has 0 bridgehead atoms. The van der Waals surface area contributed by atoms with E-state index in [2.05, 4.69) is 5.32 Å². The van der Waals surface area contributed by atoms with Gasteiger partial charge >= 0.3 is 5.63 Å². The third-order valence-electron chi connectivity index (χ3n) is 3.20. The largest absolute Gasteiger partial charge is 0.422 e. The van der Waals surface area contributed by atoms with E-state index in [0.717, 1.165) is 0 Å². The monoisotopic (exact) mass is 272 g/mol. The highest BCUT2D eigenvalue weighted by Gasteiger charge is 2.25. The van der Waals surface area contributed by atoms with Gasteiger partial charge in [0.1, 0.15) is 11.1 Å². The molecular formula is C14H12N2O4. The zero-order valence-corrected chi connectivity index (χ0v) is 10.6. The fourth-order valence-corrected chi connectivity index (χ4v) is 2.19. The standard InChI is InChI=1S/C14H12N2O4/c17-12-8-16(6-5-15-12)13(18)10-7-9-3-1-2-4-11(9)20-14(10)19/h1-4,7H,5-6,8H2,(H,15,17). The molecule has 2 heterocycles. The first-order valence-corrected chi connectivity index (χ1v) is 6.24. The fourth-order valence-electron chi connectivity index (χ4n) is 2.19. The molecule has 1 aromatic heterocycles. The molecule has 0 radical (unpaired) electrons. The van der Waals surface area contributed by atoms with E-state index in [1.165, 1.54) is 11.0 Å². The summed E-state index contributed by atoms with van der Waals surface area (Å²) in [5.41, 5.74) is -0.288. The summed E-state index contributed by atoms with van der Waals surface area (Å²) in [6.45, 7) is 0.741. The third kappa shape index (κ3) is 2.16. The highest BCUT2D eigenvalue weighted by Crippen LogP contribution is 2.14. The van der Waals surface area contributed by atoms with Crippen molar-refractivity contribution in [3.8, 4) is 0 Å². The molecule has 2 amide bonds.